The number of aromatic nitrogens is 4. The molecule has 10 heteroatoms. The number of hydrogen-bond donors (Lipinski definition) is 2. The number of ether oxygens (including phenoxy) is 1. The fourth-order valence-corrected chi connectivity index (χ4v) is 4.52. The molecule has 0 spiro atoms. The van der Waals surface area contributed by atoms with Gasteiger partial charge in [0.15, 0.2) is 0 Å². The first kappa shape index (κ1) is 21.3. The van der Waals surface area contributed by atoms with Crippen molar-refractivity contribution in [1.29, 1.82) is 0 Å². The van der Waals surface area contributed by atoms with E-state index in [2.05, 4.69) is 15.1 Å². The third-order valence-electron chi connectivity index (χ3n) is 5.26. The molecule has 0 saturated heterocycles. The molecule has 31 heavy (non-hydrogen) atoms. The average molecular weight is 442 g/mol. The zero-order valence-corrected chi connectivity index (χ0v) is 18.8. The van der Waals surface area contributed by atoms with E-state index in [4.69, 9.17) is 21.3 Å². The Bertz CT molecular complexity index is 1110. The van der Waals surface area contributed by atoms with E-state index in [-0.39, 0.29) is 12.0 Å². The number of carbonyl (C=O) groups excluding carboxylic acids is 1. The lowest BCUT2D eigenvalue weighted by atomic mass is 10.1. The van der Waals surface area contributed by atoms with E-state index in [9.17, 15) is 4.79 Å². The van der Waals surface area contributed by atoms with E-state index in [1.54, 1.807) is 0 Å². The molecule has 1 aliphatic heterocycles. The number of anilines is 1. The van der Waals surface area contributed by atoms with E-state index in [0.717, 1.165) is 41.5 Å². The highest BCUT2D eigenvalue weighted by Crippen LogP contribution is 2.33. The molecule has 9 nitrogen and oxygen atoms in total. The van der Waals surface area contributed by atoms with Gasteiger partial charge in [0, 0.05) is 49.3 Å². The van der Waals surface area contributed by atoms with Gasteiger partial charge in [-0.25, -0.2) is 4.68 Å². The maximum absolute atomic E-state index is 11.1. The van der Waals surface area contributed by atoms with Gasteiger partial charge in [-0.2, -0.15) is 5.10 Å². The van der Waals surface area contributed by atoms with Gasteiger partial charge in [-0.05, 0) is 39.0 Å². The average Bonchev–Trinajstić information content (AvgIpc) is 3.33. The minimum absolute atomic E-state index is 0.0572. The first-order chi connectivity index (χ1) is 14.8. The Hall–Kier alpha value is -2.98. The lowest BCUT2D eigenvalue weighted by Gasteiger charge is -2.25. The Balaban J connectivity index is 1.55. The summed E-state index contributed by atoms with van der Waals surface area (Å²) < 4.78 is 7.57. The molecule has 1 aromatic carbocycles. The van der Waals surface area contributed by atoms with Crippen molar-refractivity contribution >= 4 is 22.9 Å². The van der Waals surface area contributed by atoms with E-state index < -0.39 is 0 Å². The second-order valence-electron chi connectivity index (χ2n) is 7.97. The normalized spacial score (nSPS) is 14.1. The SMILES string of the molecule is Cc1c2c(nn1-c1nnc(-c3ccc(OC(C)C)c(N)c3)s1)CCN(CCC(N)=O)C2. The minimum Gasteiger partial charge on any atom is -0.489 e. The highest BCUT2D eigenvalue weighted by Gasteiger charge is 2.24. The van der Waals surface area contributed by atoms with Crippen LogP contribution in [-0.4, -0.2) is 50.0 Å². The van der Waals surface area contributed by atoms with Crippen LogP contribution in [0.5, 0.6) is 5.75 Å². The molecule has 0 saturated carbocycles. The van der Waals surface area contributed by atoms with E-state index in [1.807, 2.05) is 43.7 Å². The fourth-order valence-electron chi connectivity index (χ4n) is 3.67. The Morgan fingerprint density at radius 2 is 2.13 bits per heavy atom. The van der Waals surface area contributed by atoms with Gasteiger partial charge in [0.05, 0.1) is 17.5 Å². The predicted octanol–water partition coefficient (Wildman–Crippen LogP) is 2.30. The smallest absolute Gasteiger partial charge is 0.233 e. The van der Waals surface area contributed by atoms with Crippen molar-refractivity contribution in [2.75, 3.05) is 18.8 Å². The number of carbonyl (C=O) groups is 1. The minimum atomic E-state index is -0.274. The number of primary amides is 1. The second kappa shape index (κ2) is 8.64. The number of amides is 1. The summed E-state index contributed by atoms with van der Waals surface area (Å²) in [5.74, 6) is 0.393. The zero-order chi connectivity index (χ0) is 22.1. The van der Waals surface area contributed by atoms with Crippen LogP contribution >= 0.6 is 11.3 Å². The summed E-state index contributed by atoms with van der Waals surface area (Å²) in [5, 5.41) is 15.0. The lowest BCUT2D eigenvalue weighted by Crippen LogP contribution is -2.33. The van der Waals surface area contributed by atoms with Crippen LogP contribution in [0.4, 0.5) is 5.69 Å². The Morgan fingerprint density at radius 3 is 2.84 bits per heavy atom. The van der Waals surface area contributed by atoms with E-state index in [1.165, 1.54) is 16.9 Å². The molecule has 164 valence electrons. The quantitative estimate of drug-likeness (QED) is 0.539. The molecule has 4 N–H and O–H groups in total. The molecule has 0 radical (unpaired) electrons. The molecule has 3 heterocycles. The van der Waals surface area contributed by atoms with Gasteiger partial charge in [0.2, 0.25) is 11.0 Å². The van der Waals surface area contributed by atoms with Crippen molar-refractivity contribution in [1.82, 2.24) is 24.9 Å². The largest absolute Gasteiger partial charge is 0.489 e. The Kier molecular flexibility index (Phi) is 5.92. The highest BCUT2D eigenvalue weighted by atomic mass is 32.1. The van der Waals surface area contributed by atoms with Crippen LogP contribution in [0, 0.1) is 6.92 Å². The monoisotopic (exact) mass is 441 g/mol. The zero-order valence-electron chi connectivity index (χ0n) is 18.0. The molecule has 1 aliphatic rings. The molecular formula is C21H27N7O2S. The van der Waals surface area contributed by atoms with Crippen LogP contribution < -0.4 is 16.2 Å². The van der Waals surface area contributed by atoms with E-state index >= 15 is 0 Å². The molecule has 0 bridgehead atoms. The van der Waals surface area contributed by atoms with E-state index in [0.29, 0.717) is 29.5 Å². The van der Waals surface area contributed by atoms with Crippen LogP contribution in [0.2, 0.25) is 0 Å². The Morgan fingerprint density at radius 1 is 1.32 bits per heavy atom. The van der Waals surface area contributed by atoms with Gasteiger partial charge in [-0.3, -0.25) is 9.69 Å². The first-order valence-corrected chi connectivity index (χ1v) is 11.1. The van der Waals surface area contributed by atoms with Crippen molar-refractivity contribution in [3.8, 4) is 21.5 Å². The van der Waals surface area contributed by atoms with Crippen molar-refractivity contribution in [2.24, 2.45) is 5.73 Å². The van der Waals surface area contributed by atoms with Crippen LogP contribution in [0.1, 0.15) is 37.2 Å². The molecule has 2 aromatic heterocycles. The molecule has 3 aromatic rings. The number of rotatable bonds is 7. The first-order valence-electron chi connectivity index (χ1n) is 10.3. The maximum Gasteiger partial charge on any atom is 0.233 e. The second-order valence-corrected chi connectivity index (χ2v) is 8.93. The van der Waals surface area contributed by atoms with Crippen LogP contribution in [0.3, 0.4) is 0 Å². The van der Waals surface area contributed by atoms with Crippen LogP contribution in [0.15, 0.2) is 18.2 Å². The third-order valence-corrected chi connectivity index (χ3v) is 6.21. The summed E-state index contributed by atoms with van der Waals surface area (Å²) in [6, 6.07) is 5.67. The van der Waals surface area contributed by atoms with Crippen LogP contribution in [0.25, 0.3) is 15.7 Å². The standard InChI is InChI=1S/C21H27N7O2S/c1-12(2)30-18-5-4-14(10-16(18)22)20-24-25-21(31-20)28-13(3)15-11-27(9-7-19(23)29)8-6-17(15)26-28/h4-5,10,12H,6-9,11,22H2,1-3H3,(H2,23,29). The van der Waals surface area contributed by atoms with Crippen molar-refractivity contribution < 1.29 is 9.53 Å². The lowest BCUT2D eigenvalue weighted by molar-refractivity contribution is -0.118. The maximum atomic E-state index is 11.1. The number of nitrogens with zero attached hydrogens (tertiary/aromatic N) is 5. The van der Waals surface area contributed by atoms with Gasteiger partial charge in [0.25, 0.3) is 0 Å². The fraction of sp³-hybridized carbons (Fsp3) is 0.429. The Labute approximate surface area is 185 Å². The predicted molar refractivity (Wildman–Crippen MR) is 120 cm³/mol. The number of hydrogen-bond acceptors (Lipinski definition) is 8. The molecule has 1 amide bonds. The van der Waals surface area contributed by atoms with Gasteiger partial charge < -0.3 is 16.2 Å². The third kappa shape index (κ3) is 4.54. The number of nitrogens with two attached hydrogens (primary N) is 2. The van der Waals surface area contributed by atoms with Gasteiger partial charge in [0.1, 0.15) is 10.8 Å². The summed E-state index contributed by atoms with van der Waals surface area (Å²) in [4.78, 5) is 13.3. The molecule has 0 aliphatic carbocycles. The van der Waals surface area contributed by atoms with Crippen molar-refractivity contribution in [3.63, 3.8) is 0 Å². The van der Waals surface area contributed by atoms with Gasteiger partial charge in [-0.15, -0.1) is 10.2 Å². The summed E-state index contributed by atoms with van der Waals surface area (Å²) in [7, 11) is 0. The summed E-state index contributed by atoms with van der Waals surface area (Å²) in [6.07, 6.45) is 1.26. The molecular weight excluding hydrogens is 414 g/mol. The summed E-state index contributed by atoms with van der Waals surface area (Å²) in [6.45, 7) is 8.26. The highest BCUT2D eigenvalue weighted by molar-refractivity contribution is 7.17. The topological polar surface area (TPSA) is 125 Å². The molecule has 4 rings (SSSR count). The van der Waals surface area contributed by atoms with Gasteiger partial charge in [-0.1, -0.05) is 11.3 Å². The number of fused-ring (bicyclic) bond motifs is 1. The molecule has 0 unspecified atom stereocenters. The molecule has 0 atom stereocenters. The summed E-state index contributed by atoms with van der Waals surface area (Å²) in [5.41, 5.74) is 16.2. The summed E-state index contributed by atoms with van der Waals surface area (Å²) >= 11 is 1.47. The van der Waals surface area contributed by atoms with Crippen molar-refractivity contribution in [3.05, 3.63) is 35.2 Å². The molecule has 0 fully saturated rings. The number of nitrogen functional groups attached to an aromatic ring is 1. The van der Waals surface area contributed by atoms with Crippen LogP contribution in [-0.2, 0) is 17.8 Å². The van der Waals surface area contributed by atoms with Gasteiger partial charge >= 0.3 is 0 Å². The number of benzene rings is 1. The van der Waals surface area contributed by atoms with Crippen molar-refractivity contribution in [2.45, 2.75) is 46.3 Å².